The number of nitriles is 1. The van der Waals surface area contributed by atoms with Crippen LogP contribution < -0.4 is 5.32 Å². The molecule has 0 saturated heterocycles. The van der Waals surface area contributed by atoms with E-state index in [0.717, 1.165) is 43.2 Å². The van der Waals surface area contributed by atoms with Gasteiger partial charge < -0.3 is 5.32 Å². The molecule has 2 atom stereocenters. The Morgan fingerprint density at radius 1 is 1.30 bits per heavy atom. The first-order valence-corrected chi connectivity index (χ1v) is 7.81. The number of hydrogen-bond donors (Lipinski definition) is 1. The molecule has 108 valence electrons. The lowest BCUT2D eigenvalue weighted by atomic mass is 9.87. The number of nitrogens with one attached hydrogen (secondary N) is 1. The van der Waals surface area contributed by atoms with Crippen molar-refractivity contribution < 1.29 is 0 Å². The van der Waals surface area contributed by atoms with Gasteiger partial charge >= 0.3 is 0 Å². The van der Waals surface area contributed by atoms with E-state index in [9.17, 15) is 5.26 Å². The van der Waals surface area contributed by atoms with Crippen LogP contribution >= 0.6 is 0 Å². The van der Waals surface area contributed by atoms with Crippen LogP contribution in [0.3, 0.4) is 0 Å². The number of aryl methyl sites for hydroxylation is 1. The SMILES string of the molecule is Cc1cccc(NC2(C#N)CCCC(C(C)C)CC2)c1. The molecule has 1 aliphatic rings. The van der Waals surface area contributed by atoms with E-state index in [-0.39, 0.29) is 5.54 Å². The van der Waals surface area contributed by atoms with Crippen molar-refractivity contribution in [3.63, 3.8) is 0 Å². The van der Waals surface area contributed by atoms with Gasteiger partial charge in [-0.15, -0.1) is 0 Å². The number of rotatable bonds is 3. The lowest BCUT2D eigenvalue weighted by molar-refractivity contribution is 0.339. The van der Waals surface area contributed by atoms with E-state index < -0.39 is 0 Å². The van der Waals surface area contributed by atoms with E-state index in [4.69, 9.17) is 0 Å². The Hall–Kier alpha value is -1.49. The van der Waals surface area contributed by atoms with Crippen LogP contribution in [0.25, 0.3) is 0 Å². The molecule has 0 spiro atoms. The molecule has 20 heavy (non-hydrogen) atoms. The highest BCUT2D eigenvalue weighted by molar-refractivity contribution is 5.49. The van der Waals surface area contributed by atoms with Crippen molar-refractivity contribution in [2.75, 3.05) is 5.32 Å². The first-order valence-electron chi connectivity index (χ1n) is 7.81. The minimum absolute atomic E-state index is 0.378. The fraction of sp³-hybridized carbons (Fsp3) is 0.611. The van der Waals surface area contributed by atoms with Crippen LogP contribution in [0.4, 0.5) is 5.69 Å². The number of benzene rings is 1. The average Bonchev–Trinajstić information content (AvgIpc) is 2.62. The Labute approximate surface area is 123 Å². The van der Waals surface area contributed by atoms with Crippen LogP contribution in [0.2, 0.25) is 0 Å². The van der Waals surface area contributed by atoms with Crippen LogP contribution in [0.1, 0.15) is 51.5 Å². The van der Waals surface area contributed by atoms with Crippen LogP contribution in [0.5, 0.6) is 0 Å². The molecule has 0 bridgehead atoms. The molecule has 1 aromatic carbocycles. The van der Waals surface area contributed by atoms with E-state index in [0.29, 0.717) is 0 Å². The van der Waals surface area contributed by atoms with Crippen molar-refractivity contribution >= 4 is 5.69 Å². The molecule has 1 aromatic rings. The highest BCUT2D eigenvalue weighted by atomic mass is 15.0. The van der Waals surface area contributed by atoms with E-state index in [1.165, 1.54) is 12.0 Å². The van der Waals surface area contributed by atoms with Crippen molar-refractivity contribution in [2.45, 2.75) is 58.4 Å². The molecule has 1 saturated carbocycles. The molecule has 1 fully saturated rings. The van der Waals surface area contributed by atoms with Crippen molar-refractivity contribution in [1.29, 1.82) is 5.26 Å². The summed E-state index contributed by atoms with van der Waals surface area (Å²) >= 11 is 0. The zero-order valence-corrected chi connectivity index (χ0v) is 12.9. The molecule has 0 heterocycles. The second-order valence-electron chi connectivity index (χ2n) is 6.62. The summed E-state index contributed by atoms with van der Waals surface area (Å²) in [5.41, 5.74) is 1.93. The first-order chi connectivity index (χ1) is 9.54. The van der Waals surface area contributed by atoms with E-state index in [2.05, 4.69) is 56.4 Å². The van der Waals surface area contributed by atoms with Gasteiger partial charge in [0.15, 0.2) is 0 Å². The Morgan fingerprint density at radius 2 is 2.10 bits per heavy atom. The zero-order chi connectivity index (χ0) is 14.6. The predicted octanol–water partition coefficient (Wildman–Crippen LogP) is 4.91. The van der Waals surface area contributed by atoms with Gasteiger partial charge in [-0.3, -0.25) is 0 Å². The second-order valence-corrected chi connectivity index (χ2v) is 6.62. The van der Waals surface area contributed by atoms with Crippen molar-refractivity contribution in [1.82, 2.24) is 0 Å². The van der Waals surface area contributed by atoms with Crippen molar-refractivity contribution in [3.05, 3.63) is 29.8 Å². The van der Waals surface area contributed by atoms with Gasteiger partial charge in [0.25, 0.3) is 0 Å². The molecule has 1 aliphatic carbocycles. The topological polar surface area (TPSA) is 35.8 Å². The summed E-state index contributed by atoms with van der Waals surface area (Å²) in [6.07, 6.45) is 5.48. The van der Waals surface area contributed by atoms with Crippen LogP contribution in [0.15, 0.2) is 24.3 Å². The number of anilines is 1. The molecule has 0 aliphatic heterocycles. The van der Waals surface area contributed by atoms with Crippen LogP contribution in [-0.2, 0) is 0 Å². The van der Waals surface area contributed by atoms with E-state index >= 15 is 0 Å². The maximum atomic E-state index is 9.71. The maximum Gasteiger partial charge on any atom is 0.125 e. The van der Waals surface area contributed by atoms with Crippen LogP contribution in [0, 0.1) is 30.1 Å². The predicted molar refractivity (Wildman–Crippen MR) is 84.6 cm³/mol. The Balaban J connectivity index is 2.12. The minimum Gasteiger partial charge on any atom is -0.367 e. The fourth-order valence-electron chi connectivity index (χ4n) is 3.30. The summed E-state index contributed by atoms with van der Waals surface area (Å²) in [6.45, 7) is 6.70. The molecule has 0 aromatic heterocycles. The van der Waals surface area contributed by atoms with Gasteiger partial charge in [0.1, 0.15) is 5.54 Å². The molecule has 0 amide bonds. The Bertz CT molecular complexity index is 486. The van der Waals surface area contributed by atoms with E-state index in [1.54, 1.807) is 0 Å². The molecule has 2 unspecified atom stereocenters. The summed E-state index contributed by atoms with van der Waals surface area (Å²) in [5, 5.41) is 13.2. The maximum absolute atomic E-state index is 9.71. The fourth-order valence-corrected chi connectivity index (χ4v) is 3.30. The summed E-state index contributed by atoms with van der Waals surface area (Å²) < 4.78 is 0. The smallest absolute Gasteiger partial charge is 0.125 e. The van der Waals surface area contributed by atoms with Gasteiger partial charge in [-0.1, -0.05) is 32.4 Å². The van der Waals surface area contributed by atoms with Gasteiger partial charge in [0, 0.05) is 5.69 Å². The lowest BCUT2D eigenvalue weighted by Crippen LogP contribution is -2.36. The van der Waals surface area contributed by atoms with Gasteiger partial charge in [-0.2, -0.15) is 5.26 Å². The summed E-state index contributed by atoms with van der Waals surface area (Å²) in [4.78, 5) is 0. The summed E-state index contributed by atoms with van der Waals surface area (Å²) in [6, 6.07) is 10.9. The van der Waals surface area contributed by atoms with Gasteiger partial charge in [0.05, 0.1) is 6.07 Å². The molecular weight excluding hydrogens is 244 g/mol. The van der Waals surface area contributed by atoms with Crippen molar-refractivity contribution in [2.24, 2.45) is 11.8 Å². The summed E-state index contributed by atoms with van der Waals surface area (Å²) in [7, 11) is 0. The molecule has 2 heteroatoms. The van der Waals surface area contributed by atoms with Gasteiger partial charge in [-0.05, 0) is 62.1 Å². The lowest BCUT2D eigenvalue weighted by Gasteiger charge is -2.28. The van der Waals surface area contributed by atoms with E-state index in [1.807, 2.05) is 0 Å². The quantitative estimate of drug-likeness (QED) is 0.792. The average molecular weight is 270 g/mol. The molecule has 0 radical (unpaired) electrons. The Morgan fingerprint density at radius 3 is 2.75 bits per heavy atom. The molecule has 1 N–H and O–H groups in total. The highest BCUT2D eigenvalue weighted by Gasteiger charge is 2.33. The number of nitrogens with zero attached hydrogens (tertiary/aromatic N) is 1. The van der Waals surface area contributed by atoms with Crippen LogP contribution in [-0.4, -0.2) is 5.54 Å². The standard InChI is InChI=1S/C18H26N2/c1-14(2)16-7-5-10-18(13-19,11-9-16)20-17-8-4-6-15(3)12-17/h4,6,8,12,14,16,20H,5,7,9-11H2,1-3H3. The molecule has 2 rings (SSSR count). The van der Waals surface area contributed by atoms with Gasteiger partial charge in [-0.25, -0.2) is 0 Å². The minimum atomic E-state index is -0.378. The molecular formula is C18H26N2. The third-order valence-corrected chi connectivity index (χ3v) is 4.68. The first kappa shape index (κ1) is 14.9. The zero-order valence-electron chi connectivity index (χ0n) is 12.9. The monoisotopic (exact) mass is 270 g/mol. The Kier molecular flexibility index (Phi) is 4.70. The molecule has 2 nitrogen and oxygen atoms in total. The third kappa shape index (κ3) is 3.54. The highest BCUT2D eigenvalue weighted by Crippen LogP contribution is 2.35. The normalized spacial score (nSPS) is 26.9. The summed E-state index contributed by atoms with van der Waals surface area (Å²) in [5.74, 6) is 1.49. The third-order valence-electron chi connectivity index (χ3n) is 4.68. The number of hydrogen-bond acceptors (Lipinski definition) is 2. The second kappa shape index (κ2) is 6.31. The van der Waals surface area contributed by atoms with Crippen molar-refractivity contribution in [3.8, 4) is 6.07 Å². The largest absolute Gasteiger partial charge is 0.367 e. The van der Waals surface area contributed by atoms with Gasteiger partial charge in [0.2, 0.25) is 0 Å².